The second-order valence-electron chi connectivity index (χ2n) is 10.5. The number of para-hydroxylation sites is 2. The lowest BCUT2D eigenvalue weighted by Crippen LogP contribution is -2.44. The molecule has 2 saturated heterocycles. The summed E-state index contributed by atoms with van der Waals surface area (Å²) in [4.78, 5) is 23.5. The summed E-state index contributed by atoms with van der Waals surface area (Å²) in [6, 6.07) is 9.12. The Kier molecular flexibility index (Phi) is 7.31. The van der Waals surface area contributed by atoms with Gasteiger partial charge >= 0.3 is 0 Å². The fourth-order valence-corrected chi connectivity index (χ4v) is 6.46. The van der Waals surface area contributed by atoms with E-state index in [0.717, 1.165) is 68.9 Å². The lowest BCUT2D eigenvalue weighted by Gasteiger charge is -2.39. The van der Waals surface area contributed by atoms with Gasteiger partial charge in [0.2, 0.25) is 0 Å². The van der Waals surface area contributed by atoms with Crippen LogP contribution in [0, 0.1) is 5.92 Å². The molecule has 6 heteroatoms. The first-order chi connectivity index (χ1) is 16.2. The van der Waals surface area contributed by atoms with Crippen molar-refractivity contribution >= 4 is 16.9 Å². The number of rotatable bonds is 5. The fraction of sp³-hybridized carbons (Fsp3) is 0.704. The molecule has 1 N–H and O–H groups in total. The third-order valence-corrected chi connectivity index (χ3v) is 8.36. The van der Waals surface area contributed by atoms with Crippen LogP contribution in [0.15, 0.2) is 29.1 Å². The minimum Gasteiger partial charge on any atom is -0.396 e. The number of benzene rings is 1. The molecule has 3 aliphatic rings. The zero-order valence-corrected chi connectivity index (χ0v) is 20.0. The number of likely N-dealkylation sites (tertiary alicyclic amines) is 1. The highest BCUT2D eigenvalue weighted by atomic mass is 16.3. The summed E-state index contributed by atoms with van der Waals surface area (Å²) in [5, 5.41) is 9.33. The Morgan fingerprint density at radius 2 is 1.61 bits per heavy atom. The fourth-order valence-electron chi connectivity index (χ4n) is 6.46. The molecule has 3 heterocycles. The summed E-state index contributed by atoms with van der Waals surface area (Å²) in [7, 11) is 0. The van der Waals surface area contributed by atoms with Gasteiger partial charge in [0, 0.05) is 44.9 Å². The van der Waals surface area contributed by atoms with E-state index in [4.69, 9.17) is 4.98 Å². The van der Waals surface area contributed by atoms with E-state index in [0.29, 0.717) is 11.7 Å². The smallest absolute Gasteiger partial charge is 0.294 e. The van der Waals surface area contributed by atoms with E-state index in [1.807, 2.05) is 18.2 Å². The molecule has 3 fully saturated rings. The van der Waals surface area contributed by atoms with Gasteiger partial charge in [-0.1, -0.05) is 44.2 Å². The molecule has 6 nitrogen and oxygen atoms in total. The van der Waals surface area contributed by atoms with E-state index in [-0.39, 0.29) is 18.2 Å². The minimum atomic E-state index is 0.0720. The normalized spacial score (nSPS) is 24.3. The number of piperidine rings is 1. The van der Waals surface area contributed by atoms with Crippen LogP contribution in [0.2, 0.25) is 0 Å². The molecule has 1 aliphatic carbocycles. The van der Waals surface area contributed by atoms with Gasteiger partial charge in [0.1, 0.15) is 0 Å². The van der Waals surface area contributed by atoms with Crippen LogP contribution in [0.4, 0.5) is 5.82 Å². The Balaban J connectivity index is 1.38. The maximum absolute atomic E-state index is 13.8. The van der Waals surface area contributed by atoms with Crippen LogP contribution in [-0.2, 0) is 0 Å². The van der Waals surface area contributed by atoms with Gasteiger partial charge in [-0.25, -0.2) is 4.98 Å². The molecule has 33 heavy (non-hydrogen) atoms. The van der Waals surface area contributed by atoms with Crippen molar-refractivity contribution in [2.75, 3.05) is 37.7 Å². The largest absolute Gasteiger partial charge is 0.396 e. The van der Waals surface area contributed by atoms with E-state index in [2.05, 4.69) is 20.4 Å². The predicted octanol–water partition coefficient (Wildman–Crippen LogP) is 4.36. The number of aromatic nitrogens is 2. The molecule has 0 amide bonds. The number of aliphatic hydroxyl groups is 1. The maximum atomic E-state index is 13.8. The number of nitrogens with zero attached hydrogens (tertiary/aromatic N) is 4. The highest BCUT2D eigenvalue weighted by molar-refractivity contribution is 5.76. The number of aliphatic hydroxyl groups excluding tert-OH is 1. The number of hydrogen-bond donors (Lipinski definition) is 1. The third-order valence-electron chi connectivity index (χ3n) is 8.36. The highest BCUT2D eigenvalue weighted by Gasteiger charge is 2.30. The Labute approximate surface area is 197 Å². The van der Waals surface area contributed by atoms with E-state index in [1.54, 1.807) is 0 Å². The monoisotopic (exact) mass is 452 g/mol. The van der Waals surface area contributed by atoms with E-state index >= 15 is 0 Å². The van der Waals surface area contributed by atoms with Crippen molar-refractivity contribution < 1.29 is 5.11 Å². The Morgan fingerprint density at radius 3 is 2.36 bits per heavy atom. The van der Waals surface area contributed by atoms with Crippen LogP contribution < -0.4 is 10.5 Å². The van der Waals surface area contributed by atoms with Crippen molar-refractivity contribution in [3.63, 3.8) is 0 Å². The quantitative estimate of drug-likeness (QED) is 0.731. The average Bonchev–Trinajstić information content (AvgIpc) is 3.27. The Hall–Kier alpha value is -1.92. The summed E-state index contributed by atoms with van der Waals surface area (Å²) in [5.41, 5.74) is 1.96. The summed E-state index contributed by atoms with van der Waals surface area (Å²) in [5.74, 6) is 1.06. The van der Waals surface area contributed by atoms with Crippen LogP contribution in [-0.4, -0.2) is 58.4 Å². The van der Waals surface area contributed by atoms with Crippen LogP contribution in [0.5, 0.6) is 0 Å². The Morgan fingerprint density at radius 1 is 0.879 bits per heavy atom. The minimum absolute atomic E-state index is 0.0720. The summed E-state index contributed by atoms with van der Waals surface area (Å²) >= 11 is 0. The van der Waals surface area contributed by atoms with Gasteiger partial charge in [-0.15, -0.1) is 0 Å². The molecule has 1 unspecified atom stereocenters. The molecule has 1 aromatic carbocycles. The first-order valence-electron chi connectivity index (χ1n) is 13.4. The van der Waals surface area contributed by atoms with Crippen molar-refractivity contribution in [2.24, 2.45) is 5.92 Å². The lowest BCUT2D eigenvalue weighted by molar-refractivity contribution is 0.116. The van der Waals surface area contributed by atoms with Crippen molar-refractivity contribution in [1.82, 2.24) is 14.5 Å². The molecule has 0 bridgehead atoms. The molecule has 0 spiro atoms. The zero-order valence-electron chi connectivity index (χ0n) is 20.0. The molecule has 1 aromatic heterocycles. The SMILES string of the molecule is O=c1c(N2CCC(CCO)C2)nc2ccccc2n1C1CCN(C2CCCCCCC2)CC1. The van der Waals surface area contributed by atoms with Gasteiger partial charge in [-0.2, -0.15) is 0 Å². The molecular formula is C27H40N4O2. The van der Waals surface area contributed by atoms with Gasteiger partial charge in [0.05, 0.1) is 11.0 Å². The van der Waals surface area contributed by atoms with E-state index in [1.165, 1.54) is 44.9 Å². The predicted molar refractivity (Wildman–Crippen MR) is 134 cm³/mol. The molecule has 2 aliphatic heterocycles. The standard InChI is InChI=1S/C27H40N4O2/c32-19-15-21-12-16-30(20-21)26-27(33)31(25-11-7-6-10-24(25)28-26)23-13-17-29(18-14-23)22-8-4-2-1-3-5-9-22/h6-7,10-11,21-23,32H,1-5,8-9,12-20H2. The molecule has 5 rings (SSSR count). The average molecular weight is 453 g/mol. The Bertz CT molecular complexity index is 974. The zero-order chi connectivity index (χ0) is 22.6. The summed E-state index contributed by atoms with van der Waals surface area (Å²) in [6.07, 6.45) is 13.5. The van der Waals surface area contributed by atoms with Gasteiger partial charge in [-0.05, 0) is 56.6 Å². The molecular weight excluding hydrogens is 412 g/mol. The maximum Gasteiger partial charge on any atom is 0.294 e. The molecule has 2 aromatic rings. The van der Waals surface area contributed by atoms with Crippen molar-refractivity contribution in [2.45, 2.75) is 82.7 Å². The summed E-state index contributed by atoms with van der Waals surface area (Å²) in [6.45, 7) is 4.08. The van der Waals surface area contributed by atoms with Gasteiger partial charge in [-0.3, -0.25) is 4.79 Å². The van der Waals surface area contributed by atoms with Crippen molar-refractivity contribution in [3.8, 4) is 0 Å². The van der Waals surface area contributed by atoms with Crippen LogP contribution in [0.1, 0.15) is 76.7 Å². The highest BCUT2D eigenvalue weighted by Crippen LogP contribution is 2.31. The van der Waals surface area contributed by atoms with Gasteiger partial charge < -0.3 is 19.5 Å². The van der Waals surface area contributed by atoms with Gasteiger partial charge in [0.15, 0.2) is 5.82 Å². The molecule has 180 valence electrons. The third kappa shape index (κ3) is 4.97. The lowest BCUT2D eigenvalue weighted by atomic mass is 9.93. The summed E-state index contributed by atoms with van der Waals surface area (Å²) < 4.78 is 2.08. The van der Waals surface area contributed by atoms with Crippen molar-refractivity contribution in [1.29, 1.82) is 0 Å². The van der Waals surface area contributed by atoms with E-state index < -0.39 is 0 Å². The number of fused-ring (bicyclic) bond motifs is 1. The van der Waals surface area contributed by atoms with Crippen LogP contribution in [0.3, 0.4) is 0 Å². The topological polar surface area (TPSA) is 61.6 Å². The second kappa shape index (κ2) is 10.6. The molecule has 1 atom stereocenters. The first kappa shape index (κ1) is 22.9. The molecule has 0 radical (unpaired) electrons. The van der Waals surface area contributed by atoms with Crippen LogP contribution in [0.25, 0.3) is 11.0 Å². The second-order valence-corrected chi connectivity index (χ2v) is 10.5. The van der Waals surface area contributed by atoms with Crippen LogP contribution >= 0.6 is 0 Å². The number of anilines is 1. The molecule has 1 saturated carbocycles. The first-order valence-corrected chi connectivity index (χ1v) is 13.4. The van der Waals surface area contributed by atoms with E-state index in [9.17, 15) is 9.90 Å². The number of hydrogen-bond acceptors (Lipinski definition) is 5. The van der Waals surface area contributed by atoms with Crippen molar-refractivity contribution in [3.05, 3.63) is 34.6 Å². The van der Waals surface area contributed by atoms with Gasteiger partial charge in [0.25, 0.3) is 5.56 Å².